The first kappa shape index (κ1) is 30.3. The number of likely N-dealkylation sites (tertiary alicyclic amines) is 2. The van der Waals surface area contributed by atoms with E-state index in [1.165, 1.54) is 6.08 Å². The molecule has 0 bridgehead atoms. The molecule has 2 fully saturated rings. The van der Waals surface area contributed by atoms with Crippen LogP contribution in [0.4, 0.5) is 4.39 Å². The number of pyridine rings is 1. The summed E-state index contributed by atoms with van der Waals surface area (Å²) in [6.07, 6.45) is 6.44. The number of benzene rings is 2. The molecule has 0 aliphatic carbocycles. The van der Waals surface area contributed by atoms with Gasteiger partial charge in [-0.1, -0.05) is 41.9 Å². The molecule has 11 heteroatoms. The molecule has 44 heavy (non-hydrogen) atoms. The smallest absolute Gasteiger partial charge is 0.246 e. The van der Waals surface area contributed by atoms with Gasteiger partial charge in [0.25, 0.3) is 0 Å². The van der Waals surface area contributed by atoms with E-state index < -0.39 is 5.82 Å². The second-order valence-corrected chi connectivity index (χ2v) is 12.5. The Morgan fingerprint density at radius 3 is 2.77 bits per heavy atom. The van der Waals surface area contributed by atoms with Crippen LogP contribution < -0.4 is 4.74 Å². The van der Waals surface area contributed by atoms with Crippen LogP contribution in [0.1, 0.15) is 43.7 Å². The number of nitriles is 1. The molecule has 0 N–H and O–H groups in total. The summed E-state index contributed by atoms with van der Waals surface area (Å²) in [4.78, 5) is 26.0. The minimum absolute atomic E-state index is 0.108. The molecule has 0 saturated carbocycles. The van der Waals surface area contributed by atoms with Crippen LogP contribution in [0.15, 0.2) is 43.2 Å². The molecule has 4 aromatic rings. The minimum atomic E-state index is -0.566. The van der Waals surface area contributed by atoms with Crippen molar-refractivity contribution in [2.24, 2.45) is 0 Å². The van der Waals surface area contributed by atoms with Crippen molar-refractivity contribution < 1.29 is 13.9 Å². The zero-order chi connectivity index (χ0) is 31.1. The number of hydrogen-bond donors (Lipinski definition) is 0. The van der Waals surface area contributed by atoms with Gasteiger partial charge in [-0.2, -0.15) is 5.26 Å². The number of likely N-dealkylation sites (N-methyl/N-ethyl adjacent to an activating group) is 1. The topological polar surface area (TPSA) is 87.3 Å². The highest BCUT2D eigenvalue weighted by atomic mass is 35.5. The zero-order valence-electron chi connectivity index (χ0n) is 24.7. The van der Waals surface area contributed by atoms with Crippen molar-refractivity contribution in [2.45, 2.75) is 57.2 Å². The van der Waals surface area contributed by atoms with Gasteiger partial charge in [0, 0.05) is 40.6 Å². The molecule has 2 aromatic carbocycles. The Kier molecular flexibility index (Phi) is 8.51. The summed E-state index contributed by atoms with van der Waals surface area (Å²) < 4.78 is 25.0. The molecule has 6 rings (SSSR count). The van der Waals surface area contributed by atoms with E-state index >= 15 is 4.39 Å². The van der Waals surface area contributed by atoms with E-state index in [2.05, 4.69) is 24.6 Å². The number of halogens is 3. The Morgan fingerprint density at radius 1 is 1.23 bits per heavy atom. The minimum Gasteiger partial charge on any atom is -0.474 e. The Morgan fingerprint density at radius 2 is 2.05 bits per heavy atom. The summed E-state index contributed by atoms with van der Waals surface area (Å²) in [5.74, 6) is -0.502. The number of nitrogens with zero attached hydrogens (tertiary/aromatic N) is 6. The fraction of sp³-hybridized carbons (Fsp3) is 0.394. The summed E-state index contributed by atoms with van der Waals surface area (Å²) in [6, 6.07) is 9.10. The van der Waals surface area contributed by atoms with Gasteiger partial charge in [0.2, 0.25) is 11.8 Å². The van der Waals surface area contributed by atoms with Gasteiger partial charge in [0.1, 0.15) is 12.1 Å². The number of aromatic nitrogens is 3. The molecule has 2 aliphatic rings. The normalized spacial score (nSPS) is 20.7. The van der Waals surface area contributed by atoms with Crippen molar-refractivity contribution in [1.29, 1.82) is 5.26 Å². The lowest BCUT2D eigenvalue weighted by Gasteiger charge is -2.38. The van der Waals surface area contributed by atoms with Gasteiger partial charge in [0.05, 0.1) is 29.4 Å². The summed E-state index contributed by atoms with van der Waals surface area (Å²) in [6.45, 7) is 7.30. The van der Waals surface area contributed by atoms with Gasteiger partial charge in [-0.15, -0.1) is 0 Å². The number of piperidine rings is 1. The van der Waals surface area contributed by atoms with Crippen LogP contribution in [0.5, 0.6) is 5.88 Å². The molecule has 2 aromatic heterocycles. The van der Waals surface area contributed by atoms with Crippen LogP contribution in [0.2, 0.25) is 10.0 Å². The van der Waals surface area contributed by atoms with Crippen molar-refractivity contribution in [3.05, 3.63) is 64.7 Å². The number of carbonyl (C=O) groups is 1. The van der Waals surface area contributed by atoms with Gasteiger partial charge < -0.3 is 19.1 Å². The lowest BCUT2D eigenvalue weighted by atomic mass is 9.94. The molecule has 3 atom stereocenters. The first-order chi connectivity index (χ1) is 21.2. The van der Waals surface area contributed by atoms with Gasteiger partial charge >= 0.3 is 0 Å². The Hall–Kier alpha value is -3.71. The third-order valence-electron chi connectivity index (χ3n) is 9.14. The lowest BCUT2D eigenvalue weighted by molar-refractivity contribution is -0.130. The number of amides is 1. The SMILES string of the molecule is C=CC(=O)N1CC[C@H](n2cnc3c(OC[C@H]4CCCN4C)nc4c(F)c(-c5cccc(Cl)c5C)c(Cl)cc4c32)C[C@H]1CC#N. The predicted octanol–water partition coefficient (Wildman–Crippen LogP) is 7.11. The van der Waals surface area contributed by atoms with Gasteiger partial charge in [-0.3, -0.25) is 4.79 Å². The largest absolute Gasteiger partial charge is 0.474 e. The maximum Gasteiger partial charge on any atom is 0.246 e. The predicted molar refractivity (Wildman–Crippen MR) is 171 cm³/mol. The molecule has 1 amide bonds. The third-order valence-corrected chi connectivity index (χ3v) is 9.85. The molecule has 228 valence electrons. The second kappa shape index (κ2) is 12.4. The van der Waals surface area contributed by atoms with Crippen molar-refractivity contribution in [3.63, 3.8) is 0 Å². The second-order valence-electron chi connectivity index (χ2n) is 11.6. The first-order valence-electron chi connectivity index (χ1n) is 14.8. The molecule has 0 unspecified atom stereocenters. The maximum absolute atomic E-state index is 16.7. The van der Waals surface area contributed by atoms with E-state index in [1.54, 1.807) is 35.5 Å². The van der Waals surface area contributed by atoms with Crippen molar-refractivity contribution >= 4 is 51.0 Å². The van der Waals surface area contributed by atoms with E-state index in [-0.39, 0.29) is 52.4 Å². The summed E-state index contributed by atoms with van der Waals surface area (Å²) in [7, 11) is 2.07. The van der Waals surface area contributed by atoms with E-state index in [9.17, 15) is 10.1 Å². The van der Waals surface area contributed by atoms with E-state index in [1.807, 2.05) is 11.5 Å². The Balaban J connectivity index is 1.52. The number of imidazole rings is 1. The number of fused-ring (bicyclic) bond motifs is 3. The fourth-order valence-electron chi connectivity index (χ4n) is 6.69. The van der Waals surface area contributed by atoms with Crippen LogP contribution >= 0.6 is 23.2 Å². The average Bonchev–Trinajstić information content (AvgIpc) is 3.65. The monoisotopic (exact) mass is 634 g/mol. The maximum atomic E-state index is 16.7. The molecular formula is C33H33Cl2FN6O2. The number of rotatable bonds is 7. The Labute approximate surface area is 265 Å². The lowest BCUT2D eigenvalue weighted by Crippen LogP contribution is -2.45. The van der Waals surface area contributed by atoms with Crippen LogP contribution in [0, 0.1) is 24.1 Å². The summed E-state index contributed by atoms with van der Waals surface area (Å²) in [5.41, 5.74) is 2.83. The van der Waals surface area contributed by atoms with E-state index in [0.29, 0.717) is 58.6 Å². The number of ether oxygens (including phenoxy) is 1. The molecule has 0 spiro atoms. The highest BCUT2D eigenvalue weighted by molar-refractivity contribution is 6.35. The van der Waals surface area contributed by atoms with Crippen LogP contribution in [-0.2, 0) is 4.79 Å². The van der Waals surface area contributed by atoms with Crippen molar-refractivity contribution in [2.75, 3.05) is 26.7 Å². The van der Waals surface area contributed by atoms with Crippen molar-refractivity contribution in [3.8, 4) is 23.1 Å². The summed E-state index contributed by atoms with van der Waals surface area (Å²) in [5, 5.41) is 10.8. The fourth-order valence-corrected chi connectivity index (χ4v) is 7.16. The first-order valence-corrected chi connectivity index (χ1v) is 15.6. The quantitative estimate of drug-likeness (QED) is 0.201. The highest BCUT2D eigenvalue weighted by Gasteiger charge is 2.33. The molecule has 0 radical (unpaired) electrons. The van der Waals surface area contributed by atoms with E-state index in [4.69, 9.17) is 37.9 Å². The zero-order valence-corrected chi connectivity index (χ0v) is 26.2. The molecule has 4 heterocycles. The van der Waals surface area contributed by atoms with Crippen LogP contribution in [-0.4, -0.2) is 69.1 Å². The van der Waals surface area contributed by atoms with Gasteiger partial charge in [-0.25, -0.2) is 14.4 Å². The van der Waals surface area contributed by atoms with Crippen molar-refractivity contribution in [1.82, 2.24) is 24.3 Å². The van der Waals surface area contributed by atoms with Gasteiger partial charge in [0.15, 0.2) is 11.3 Å². The van der Waals surface area contributed by atoms with Gasteiger partial charge in [-0.05, 0) is 75.5 Å². The average molecular weight is 636 g/mol. The standard InChI is InChI=1S/C33H33Cl2FN6O2/c1-4-27(43)41-14-11-21(15-20(41)10-12-37)42-18-38-31-32(42)24-16-26(35)28(23-8-5-9-25(34)19(23)2)29(36)30(24)39-33(31)44-17-22-7-6-13-40(22)3/h4-5,8-9,16,18,20-22H,1,6-7,10-11,13-15,17H2,2-3H3/t20-,21+,22-/m1/s1. The van der Waals surface area contributed by atoms with Crippen LogP contribution in [0.3, 0.4) is 0 Å². The molecule has 2 aliphatic heterocycles. The Bertz CT molecular complexity index is 1820. The molecule has 2 saturated heterocycles. The number of carbonyl (C=O) groups excluding carboxylic acids is 1. The highest BCUT2D eigenvalue weighted by Crippen LogP contribution is 2.43. The molecular weight excluding hydrogens is 602 g/mol. The number of hydrogen-bond acceptors (Lipinski definition) is 6. The van der Waals surface area contributed by atoms with Crippen LogP contribution in [0.25, 0.3) is 33.1 Å². The van der Waals surface area contributed by atoms with E-state index in [0.717, 1.165) is 19.4 Å². The summed E-state index contributed by atoms with van der Waals surface area (Å²) >= 11 is 13.2. The molecule has 8 nitrogen and oxygen atoms in total. The third kappa shape index (κ3) is 5.29.